The SMILES string of the molecule is C/C=C/C=C/COC1(OC)C=CC(=O)C=C1C. The maximum Gasteiger partial charge on any atom is 0.211 e. The summed E-state index contributed by atoms with van der Waals surface area (Å²) in [5.41, 5.74) is 0.756. The molecule has 1 aliphatic rings. The van der Waals surface area contributed by atoms with Crippen LogP contribution < -0.4 is 0 Å². The van der Waals surface area contributed by atoms with Crippen LogP contribution in [0.1, 0.15) is 13.8 Å². The first-order valence-electron chi connectivity index (χ1n) is 5.53. The minimum absolute atomic E-state index is 0.0387. The molecule has 1 unspecified atom stereocenters. The van der Waals surface area contributed by atoms with Crippen molar-refractivity contribution in [3.63, 3.8) is 0 Å². The van der Waals surface area contributed by atoms with E-state index in [0.717, 1.165) is 5.57 Å². The highest BCUT2D eigenvalue weighted by Crippen LogP contribution is 2.27. The average Bonchev–Trinajstić information content (AvgIpc) is 2.32. The first-order chi connectivity index (χ1) is 8.14. The molecule has 0 N–H and O–H groups in total. The van der Waals surface area contributed by atoms with Crippen LogP contribution >= 0.6 is 0 Å². The fraction of sp³-hybridized carbons (Fsp3) is 0.357. The molecule has 0 aromatic carbocycles. The lowest BCUT2D eigenvalue weighted by atomic mass is 10.00. The minimum atomic E-state index is -0.909. The van der Waals surface area contributed by atoms with Gasteiger partial charge in [0.25, 0.3) is 0 Å². The summed E-state index contributed by atoms with van der Waals surface area (Å²) < 4.78 is 11.0. The third-order valence-corrected chi connectivity index (χ3v) is 2.51. The molecule has 92 valence electrons. The van der Waals surface area contributed by atoms with Crippen LogP contribution in [0.25, 0.3) is 0 Å². The third kappa shape index (κ3) is 3.51. The monoisotopic (exact) mass is 234 g/mol. The van der Waals surface area contributed by atoms with Crippen LogP contribution in [0.4, 0.5) is 0 Å². The van der Waals surface area contributed by atoms with Gasteiger partial charge < -0.3 is 9.47 Å². The van der Waals surface area contributed by atoms with Crippen molar-refractivity contribution in [3.8, 4) is 0 Å². The Hall–Kier alpha value is -1.45. The molecule has 1 rings (SSSR count). The third-order valence-electron chi connectivity index (χ3n) is 2.51. The zero-order chi connectivity index (χ0) is 12.7. The zero-order valence-electron chi connectivity index (χ0n) is 10.5. The molecule has 0 spiro atoms. The summed E-state index contributed by atoms with van der Waals surface area (Å²) in [7, 11) is 1.56. The van der Waals surface area contributed by atoms with Crippen molar-refractivity contribution in [2.24, 2.45) is 0 Å². The Bertz CT molecular complexity index is 388. The second-order valence-corrected chi connectivity index (χ2v) is 3.70. The molecule has 1 aliphatic carbocycles. The summed E-state index contributed by atoms with van der Waals surface area (Å²) >= 11 is 0. The summed E-state index contributed by atoms with van der Waals surface area (Å²) in [5, 5.41) is 0. The van der Waals surface area contributed by atoms with E-state index >= 15 is 0 Å². The Morgan fingerprint density at radius 1 is 1.41 bits per heavy atom. The van der Waals surface area contributed by atoms with E-state index in [9.17, 15) is 4.79 Å². The maximum atomic E-state index is 11.2. The lowest BCUT2D eigenvalue weighted by Gasteiger charge is -2.31. The molecular formula is C14H18O3. The van der Waals surface area contributed by atoms with Gasteiger partial charge in [-0.25, -0.2) is 0 Å². The van der Waals surface area contributed by atoms with E-state index in [4.69, 9.17) is 9.47 Å². The fourth-order valence-corrected chi connectivity index (χ4v) is 1.55. The Labute approximate surface area is 102 Å². The number of hydrogen-bond donors (Lipinski definition) is 0. The van der Waals surface area contributed by atoms with Gasteiger partial charge >= 0.3 is 0 Å². The number of carbonyl (C=O) groups is 1. The first-order valence-corrected chi connectivity index (χ1v) is 5.53. The molecule has 0 fully saturated rings. The standard InChI is InChI=1S/C14H18O3/c1-4-5-6-7-10-17-14(16-3)9-8-13(15)11-12(14)2/h4-9,11H,10H2,1-3H3/b5-4+,7-6+. The van der Waals surface area contributed by atoms with Crippen molar-refractivity contribution in [3.05, 3.63) is 48.1 Å². The molecule has 0 aromatic rings. The number of carbonyl (C=O) groups excluding carboxylic acids is 1. The number of rotatable bonds is 5. The van der Waals surface area contributed by atoms with Gasteiger partial charge in [-0.05, 0) is 37.6 Å². The molecule has 1 atom stereocenters. The Morgan fingerprint density at radius 3 is 2.76 bits per heavy atom. The Kier molecular flexibility index (Phi) is 5.07. The molecule has 0 saturated carbocycles. The largest absolute Gasteiger partial charge is 0.346 e. The molecule has 17 heavy (non-hydrogen) atoms. The maximum absolute atomic E-state index is 11.2. The van der Waals surface area contributed by atoms with Gasteiger partial charge in [-0.3, -0.25) is 4.79 Å². The van der Waals surface area contributed by atoms with Gasteiger partial charge in [-0.15, -0.1) is 0 Å². The first kappa shape index (κ1) is 13.6. The highest BCUT2D eigenvalue weighted by molar-refractivity contribution is 6.01. The van der Waals surface area contributed by atoms with E-state index in [1.54, 1.807) is 13.2 Å². The van der Waals surface area contributed by atoms with Crippen molar-refractivity contribution in [2.75, 3.05) is 13.7 Å². The number of ketones is 1. The number of ether oxygens (including phenoxy) is 2. The van der Waals surface area contributed by atoms with E-state index in [2.05, 4.69) is 0 Å². The van der Waals surface area contributed by atoms with Crippen LogP contribution in [0.5, 0.6) is 0 Å². The molecule has 3 heteroatoms. The van der Waals surface area contributed by atoms with E-state index in [0.29, 0.717) is 6.61 Å². The number of hydrogen-bond acceptors (Lipinski definition) is 3. The molecule has 0 heterocycles. The van der Waals surface area contributed by atoms with Crippen LogP contribution in [0, 0.1) is 0 Å². The second kappa shape index (κ2) is 6.33. The average molecular weight is 234 g/mol. The molecule has 0 radical (unpaired) electrons. The summed E-state index contributed by atoms with van der Waals surface area (Å²) in [6, 6.07) is 0. The van der Waals surface area contributed by atoms with Crippen molar-refractivity contribution >= 4 is 5.78 Å². The van der Waals surface area contributed by atoms with Gasteiger partial charge in [0.1, 0.15) is 0 Å². The zero-order valence-corrected chi connectivity index (χ0v) is 10.5. The van der Waals surface area contributed by atoms with Gasteiger partial charge in [0.05, 0.1) is 6.61 Å². The van der Waals surface area contributed by atoms with Crippen LogP contribution in [-0.2, 0) is 14.3 Å². The van der Waals surface area contributed by atoms with E-state index in [1.807, 2.05) is 38.2 Å². The Balaban J connectivity index is 2.67. The molecule has 0 amide bonds. The highest BCUT2D eigenvalue weighted by atomic mass is 16.7. The molecule has 0 bridgehead atoms. The normalized spacial score (nSPS) is 24.9. The van der Waals surface area contributed by atoms with Gasteiger partial charge in [0.15, 0.2) is 5.78 Å². The van der Waals surface area contributed by atoms with Crippen LogP contribution in [0.2, 0.25) is 0 Å². The van der Waals surface area contributed by atoms with E-state index in [-0.39, 0.29) is 5.78 Å². The van der Waals surface area contributed by atoms with Gasteiger partial charge in [-0.2, -0.15) is 0 Å². The highest BCUT2D eigenvalue weighted by Gasteiger charge is 2.32. The summed E-state index contributed by atoms with van der Waals surface area (Å²) in [5.74, 6) is -0.947. The fourth-order valence-electron chi connectivity index (χ4n) is 1.55. The summed E-state index contributed by atoms with van der Waals surface area (Å²) in [6.07, 6.45) is 12.3. The summed E-state index contributed by atoms with van der Waals surface area (Å²) in [6.45, 7) is 4.19. The smallest absolute Gasteiger partial charge is 0.211 e. The van der Waals surface area contributed by atoms with Crippen molar-refractivity contribution in [1.82, 2.24) is 0 Å². The predicted octanol–water partition coefficient (Wildman–Crippen LogP) is 2.56. The summed E-state index contributed by atoms with van der Waals surface area (Å²) in [4.78, 5) is 11.2. The van der Waals surface area contributed by atoms with Crippen LogP contribution in [0.15, 0.2) is 48.1 Å². The quantitative estimate of drug-likeness (QED) is 0.541. The number of allylic oxidation sites excluding steroid dienone is 5. The van der Waals surface area contributed by atoms with E-state index < -0.39 is 5.79 Å². The second-order valence-electron chi connectivity index (χ2n) is 3.70. The molecule has 0 aliphatic heterocycles. The topological polar surface area (TPSA) is 35.5 Å². The van der Waals surface area contributed by atoms with Gasteiger partial charge in [0, 0.05) is 7.11 Å². The molecular weight excluding hydrogens is 216 g/mol. The van der Waals surface area contributed by atoms with Crippen LogP contribution in [-0.4, -0.2) is 25.3 Å². The number of methoxy groups -OCH3 is 1. The predicted molar refractivity (Wildman–Crippen MR) is 67.6 cm³/mol. The lowest BCUT2D eigenvalue weighted by molar-refractivity contribution is -0.155. The van der Waals surface area contributed by atoms with Crippen LogP contribution in [0.3, 0.4) is 0 Å². The van der Waals surface area contributed by atoms with Crippen molar-refractivity contribution in [2.45, 2.75) is 19.6 Å². The van der Waals surface area contributed by atoms with Crippen molar-refractivity contribution in [1.29, 1.82) is 0 Å². The lowest BCUT2D eigenvalue weighted by Crippen LogP contribution is -2.36. The molecule has 0 saturated heterocycles. The molecule has 0 aromatic heterocycles. The van der Waals surface area contributed by atoms with Gasteiger partial charge in [0.2, 0.25) is 5.79 Å². The molecule has 3 nitrogen and oxygen atoms in total. The van der Waals surface area contributed by atoms with E-state index in [1.165, 1.54) is 12.2 Å². The Morgan fingerprint density at radius 2 is 2.18 bits per heavy atom. The van der Waals surface area contributed by atoms with Crippen molar-refractivity contribution < 1.29 is 14.3 Å². The minimum Gasteiger partial charge on any atom is -0.346 e. The van der Waals surface area contributed by atoms with Gasteiger partial charge in [-0.1, -0.05) is 24.3 Å².